The van der Waals surface area contributed by atoms with E-state index in [0.717, 1.165) is 11.8 Å². The van der Waals surface area contributed by atoms with E-state index in [0.29, 0.717) is 5.41 Å². The molecule has 0 bridgehead atoms. The zero-order valence-corrected chi connectivity index (χ0v) is 11.3. The molecule has 82 valence electrons. The third kappa shape index (κ3) is 2.03. The maximum absolute atomic E-state index is 3.75. The van der Waals surface area contributed by atoms with Crippen molar-refractivity contribution >= 4 is 27.3 Å². The molecule has 2 unspecified atom stereocenters. The van der Waals surface area contributed by atoms with E-state index in [1.165, 1.54) is 37.4 Å². The van der Waals surface area contributed by atoms with E-state index >= 15 is 0 Å². The molecule has 2 saturated carbocycles. The van der Waals surface area contributed by atoms with Gasteiger partial charge in [0.2, 0.25) is 0 Å². The van der Waals surface area contributed by atoms with Gasteiger partial charge in [0.25, 0.3) is 0 Å². The topological polar surface area (TPSA) is 0 Å². The van der Waals surface area contributed by atoms with Crippen molar-refractivity contribution in [2.24, 2.45) is 17.3 Å². The quantitative estimate of drug-likeness (QED) is 0.715. The Hall–Kier alpha value is 0.180. The molecule has 2 atom stereocenters. The first kappa shape index (κ1) is 10.3. The van der Waals surface area contributed by atoms with Crippen LogP contribution in [0.4, 0.5) is 0 Å². The van der Waals surface area contributed by atoms with Gasteiger partial charge in [-0.15, -0.1) is 11.3 Å². The third-order valence-corrected chi connectivity index (χ3v) is 6.35. The molecule has 1 aromatic heterocycles. The number of alkyl halides is 1. The lowest BCUT2D eigenvalue weighted by atomic mass is 9.81. The van der Waals surface area contributed by atoms with E-state index in [1.54, 1.807) is 4.88 Å². The van der Waals surface area contributed by atoms with E-state index in [2.05, 4.69) is 33.4 Å². The van der Waals surface area contributed by atoms with E-state index in [9.17, 15) is 0 Å². The van der Waals surface area contributed by atoms with Gasteiger partial charge in [0, 0.05) is 10.2 Å². The van der Waals surface area contributed by atoms with Gasteiger partial charge in [0.15, 0.2) is 0 Å². The number of halogens is 1. The van der Waals surface area contributed by atoms with E-state index in [4.69, 9.17) is 0 Å². The summed E-state index contributed by atoms with van der Waals surface area (Å²) in [6.07, 6.45) is 7.21. The lowest BCUT2D eigenvalue weighted by molar-refractivity contribution is 0.286. The van der Waals surface area contributed by atoms with Crippen LogP contribution < -0.4 is 0 Å². The van der Waals surface area contributed by atoms with Crippen molar-refractivity contribution in [3.8, 4) is 0 Å². The number of thiophene rings is 1. The molecular formula is C13H17BrS. The van der Waals surface area contributed by atoms with Crippen LogP contribution >= 0.6 is 27.3 Å². The van der Waals surface area contributed by atoms with Gasteiger partial charge in [-0.05, 0) is 60.8 Å². The molecule has 2 aliphatic carbocycles. The molecule has 0 spiro atoms. The summed E-state index contributed by atoms with van der Waals surface area (Å²) in [6.45, 7) is 0. The number of fused-ring (bicyclic) bond motifs is 1. The second kappa shape index (κ2) is 3.89. The monoisotopic (exact) mass is 284 g/mol. The van der Waals surface area contributed by atoms with Crippen molar-refractivity contribution in [1.29, 1.82) is 0 Å². The minimum atomic E-state index is 0.650. The molecule has 0 radical (unpaired) electrons. The minimum Gasteiger partial charge on any atom is -0.149 e. The first-order valence-corrected chi connectivity index (χ1v) is 7.90. The summed E-state index contributed by atoms with van der Waals surface area (Å²) >= 11 is 5.66. The maximum atomic E-state index is 3.75. The van der Waals surface area contributed by atoms with Crippen molar-refractivity contribution in [2.45, 2.75) is 32.1 Å². The van der Waals surface area contributed by atoms with Crippen LogP contribution in [0.15, 0.2) is 17.5 Å². The Morgan fingerprint density at radius 1 is 1.40 bits per heavy atom. The van der Waals surface area contributed by atoms with Crippen molar-refractivity contribution in [3.05, 3.63) is 22.4 Å². The first-order chi connectivity index (χ1) is 7.31. The van der Waals surface area contributed by atoms with Crippen LogP contribution in [-0.4, -0.2) is 5.33 Å². The second-order valence-corrected chi connectivity index (χ2v) is 6.97. The van der Waals surface area contributed by atoms with Gasteiger partial charge >= 0.3 is 0 Å². The average Bonchev–Trinajstić information content (AvgIpc) is 2.75. The summed E-state index contributed by atoms with van der Waals surface area (Å²) < 4.78 is 0. The number of rotatable bonds is 4. The summed E-state index contributed by atoms with van der Waals surface area (Å²) in [4.78, 5) is 1.57. The van der Waals surface area contributed by atoms with Crippen molar-refractivity contribution in [3.63, 3.8) is 0 Å². The molecule has 2 heteroatoms. The summed E-state index contributed by atoms with van der Waals surface area (Å²) in [5.41, 5.74) is 0.650. The molecule has 3 rings (SSSR count). The fraction of sp³-hybridized carbons (Fsp3) is 0.692. The predicted octanol–water partition coefficient (Wildman–Crippen LogP) is 4.49. The highest BCUT2D eigenvalue weighted by Gasteiger charge is 2.52. The van der Waals surface area contributed by atoms with Crippen molar-refractivity contribution < 1.29 is 0 Å². The maximum Gasteiger partial charge on any atom is 0.00882 e. The van der Waals surface area contributed by atoms with Crippen LogP contribution in [0.25, 0.3) is 0 Å². The fourth-order valence-corrected chi connectivity index (χ4v) is 4.68. The Labute approximate surface area is 104 Å². The molecule has 2 aliphatic rings. The summed E-state index contributed by atoms with van der Waals surface area (Å²) in [6, 6.07) is 4.45. The number of hydrogen-bond acceptors (Lipinski definition) is 1. The molecule has 1 aromatic rings. The van der Waals surface area contributed by atoms with Crippen LogP contribution in [0.2, 0.25) is 0 Å². The zero-order chi connectivity index (χ0) is 10.3. The highest BCUT2D eigenvalue weighted by molar-refractivity contribution is 9.09. The molecule has 15 heavy (non-hydrogen) atoms. The van der Waals surface area contributed by atoms with Crippen LogP contribution in [0.5, 0.6) is 0 Å². The van der Waals surface area contributed by atoms with E-state index in [1.807, 2.05) is 11.3 Å². The Morgan fingerprint density at radius 2 is 2.20 bits per heavy atom. The Bertz CT molecular complexity index is 320. The summed E-state index contributed by atoms with van der Waals surface area (Å²) in [5, 5.41) is 3.42. The Kier molecular flexibility index (Phi) is 2.68. The summed E-state index contributed by atoms with van der Waals surface area (Å²) in [5.74, 6) is 2.21. The normalized spacial score (nSPS) is 37.9. The molecule has 0 aliphatic heterocycles. The van der Waals surface area contributed by atoms with Crippen molar-refractivity contribution in [1.82, 2.24) is 0 Å². The van der Waals surface area contributed by atoms with Gasteiger partial charge in [-0.2, -0.15) is 0 Å². The smallest absolute Gasteiger partial charge is 0.00882 e. The number of aryl methyl sites for hydroxylation is 1. The summed E-state index contributed by atoms with van der Waals surface area (Å²) in [7, 11) is 0. The predicted molar refractivity (Wildman–Crippen MR) is 69.7 cm³/mol. The van der Waals surface area contributed by atoms with Gasteiger partial charge in [-0.3, -0.25) is 0 Å². The van der Waals surface area contributed by atoms with Crippen LogP contribution in [0, 0.1) is 17.3 Å². The first-order valence-electron chi connectivity index (χ1n) is 5.90. The minimum absolute atomic E-state index is 0.650. The average molecular weight is 285 g/mol. The molecule has 0 amide bonds. The van der Waals surface area contributed by atoms with Crippen LogP contribution in [0.1, 0.15) is 30.6 Å². The van der Waals surface area contributed by atoms with Gasteiger partial charge in [-0.1, -0.05) is 22.0 Å². The van der Waals surface area contributed by atoms with E-state index in [-0.39, 0.29) is 0 Å². The lowest BCUT2D eigenvalue weighted by Gasteiger charge is -2.28. The van der Waals surface area contributed by atoms with E-state index < -0.39 is 0 Å². The zero-order valence-electron chi connectivity index (χ0n) is 8.92. The molecule has 0 saturated heterocycles. The van der Waals surface area contributed by atoms with Gasteiger partial charge in [0.05, 0.1) is 0 Å². The molecule has 0 nitrogen and oxygen atoms in total. The lowest BCUT2D eigenvalue weighted by Crippen LogP contribution is -2.21. The third-order valence-electron chi connectivity index (χ3n) is 4.22. The highest BCUT2D eigenvalue weighted by atomic mass is 79.9. The molecular weight excluding hydrogens is 268 g/mol. The molecule has 1 heterocycles. The SMILES string of the molecule is BrCC1(CCc2cccs2)CC2CC2C1. The molecule has 0 aromatic carbocycles. The van der Waals surface area contributed by atoms with Gasteiger partial charge in [0.1, 0.15) is 0 Å². The second-order valence-electron chi connectivity index (χ2n) is 5.38. The Balaban J connectivity index is 1.61. The fourth-order valence-electron chi connectivity index (χ4n) is 3.23. The highest BCUT2D eigenvalue weighted by Crippen LogP contribution is 2.61. The molecule has 2 fully saturated rings. The number of hydrogen-bond donors (Lipinski definition) is 0. The molecule has 0 N–H and O–H groups in total. The van der Waals surface area contributed by atoms with Gasteiger partial charge < -0.3 is 0 Å². The van der Waals surface area contributed by atoms with Crippen LogP contribution in [-0.2, 0) is 6.42 Å². The Morgan fingerprint density at radius 3 is 2.80 bits per heavy atom. The largest absolute Gasteiger partial charge is 0.149 e. The van der Waals surface area contributed by atoms with Crippen molar-refractivity contribution in [2.75, 3.05) is 5.33 Å². The standard InChI is InChI=1S/C13H17BrS/c14-9-13(7-10-6-11(10)8-13)4-3-12-2-1-5-15-12/h1-2,5,10-11H,3-4,6-9H2. The van der Waals surface area contributed by atoms with Gasteiger partial charge in [-0.25, -0.2) is 0 Å². The van der Waals surface area contributed by atoms with Crippen LogP contribution in [0.3, 0.4) is 0 Å².